The Morgan fingerprint density at radius 2 is 1.04 bits per heavy atom. The van der Waals surface area contributed by atoms with E-state index >= 15 is 0 Å². The molecule has 0 spiro atoms. The number of para-hydroxylation sites is 2. The van der Waals surface area contributed by atoms with Crippen LogP contribution in [0.2, 0.25) is 0 Å². The van der Waals surface area contributed by atoms with Crippen molar-refractivity contribution in [2.45, 2.75) is 51.4 Å². The molecule has 1 aliphatic carbocycles. The molecule has 3 aromatic heterocycles. The van der Waals surface area contributed by atoms with Gasteiger partial charge in [0.1, 0.15) is 22.3 Å². The maximum atomic E-state index is 6.63. The van der Waals surface area contributed by atoms with E-state index in [0.29, 0.717) is 5.92 Å². The highest BCUT2D eigenvalue weighted by atomic mass is 32.1. The molecule has 67 heavy (non-hydrogen) atoms. The zero-order valence-corrected chi connectivity index (χ0v) is 38.8. The molecule has 1 aliphatic heterocycles. The van der Waals surface area contributed by atoms with Crippen LogP contribution in [0.4, 0.5) is 17.1 Å². The third-order valence-corrected chi connectivity index (χ3v) is 16.4. The van der Waals surface area contributed by atoms with Gasteiger partial charge in [-0.15, -0.1) is 11.3 Å². The van der Waals surface area contributed by atoms with Crippen LogP contribution in [0.3, 0.4) is 0 Å². The van der Waals surface area contributed by atoms with Crippen molar-refractivity contribution in [3.63, 3.8) is 0 Å². The fourth-order valence-electron chi connectivity index (χ4n) is 12.0. The van der Waals surface area contributed by atoms with Crippen LogP contribution < -0.4 is 4.90 Å². The van der Waals surface area contributed by atoms with Crippen LogP contribution in [0.1, 0.15) is 73.1 Å². The van der Waals surface area contributed by atoms with Crippen LogP contribution >= 0.6 is 11.3 Å². The van der Waals surface area contributed by atoms with Crippen LogP contribution in [-0.4, -0.2) is 0 Å². The van der Waals surface area contributed by atoms with Gasteiger partial charge in [0.2, 0.25) is 0 Å². The van der Waals surface area contributed by atoms with Gasteiger partial charge in [-0.1, -0.05) is 149 Å². The summed E-state index contributed by atoms with van der Waals surface area (Å²) >= 11 is 1.90. The average molecular weight is 882 g/mol. The maximum Gasteiger partial charge on any atom is 0.137 e. The molecule has 12 aromatic rings. The predicted molar refractivity (Wildman–Crippen MR) is 281 cm³/mol. The molecule has 9 aromatic carbocycles. The average Bonchev–Trinajstić information content (AvgIpc) is 4.10. The van der Waals surface area contributed by atoms with Gasteiger partial charge < -0.3 is 13.7 Å². The summed E-state index contributed by atoms with van der Waals surface area (Å²) in [6.07, 6.45) is 2.20. The first kappa shape index (κ1) is 38.8. The molecule has 3 nitrogen and oxygen atoms in total. The van der Waals surface area contributed by atoms with Crippen LogP contribution in [0.5, 0.6) is 0 Å². The fourth-order valence-corrected chi connectivity index (χ4v) is 13.1. The summed E-state index contributed by atoms with van der Waals surface area (Å²) < 4.78 is 15.9. The SMILES string of the molecule is CC(C)CCc1ccc2c(c1)C(c1ccc(N3c4cc5oc6ccccc6c5cc4C(C)(C)c4cc5c(cc43)oc3ccccc35)cc1)(c1ccc3c(c1)sc1ccccc13)c1ccccc1-2. The van der Waals surface area contributed by atoms with E-state index in [2.05, 4.69) is 215 Å². The van der Waals surface area contributed by atoms with Crippen LogP contribution in [0, 0.1) is 5.92 Å². The summed E-state index contributed by atoms with van der Waals surface area (Å²) in [7, 11) is 0. The van der Waals surface area contributed by atoms with E-state index in [-0.39, 0.29) is 5.41 Å². The summed E-state index contributed by atoms with van der Waals surface area (Å²) in [5.41, 5.74) is 17.8. The minimum absolute atomic E-state index is 0.333. The number of anilines is 3. The summed E-state index contributed by atoms with van der Waals surface area (Å²) in [4.78, 5) is 2.45. The fraction of sp³-hybridized carbons (Fsp3) is 0.143. The number of benzene rings is 9. The molecule has 322 valence electrons. The third-order valence-electron chi connectivity index (χ3n) is 15.3. The van der Waals surface area contributed by atoms with Gasteiger partial charge in [-0.3, -0.25) is 0 Å². The van der Waals surface area contributed by atoms with E-state index in [1.165, 1.54) is 70.2 Å². The summed E-state index contributed by atoms with van der Waals surface area (Å²) in [6.45, 7) is 9.39. The minimum Gasteiger partial charge on any atom is -0.456 e. The number of rotatable bonds is 6. The first-order chi connectivity index (χ1) is 32.8. The van der Waals surface area contributed by atoms with Crippen LogP contribution in [0.15, 0.2) is 191 Å². The molecular weight excluding hydrogens is 835 g/mol. The minimum atomic E-state index is -0.552. The van der Waals surface area contributed by atoms with Gasteiger partial charge in [-0.25, -0.2) is 0 Å². The van der Waals surface area contributed by atoms with Crippen molar-refractivity contribution in [1.82, 2.24) is 0 Å². The highest BCUT2D eigenvalue weighted by molar-refractivity contribution is 7.25. The van der Waals surface area contributed by atoms with Crippen molar-refractivity contribution in [3.8, 4) is 11.1 Å². The monoisotopic (exact) mass is 881 g/mol. The van der Waals surface area contributed by atoms with E-state index in [1.807, 2.05) is 11.3 Å². The lowest BCUT2D eigenvalue weighted by molar-refractivity contribution is 0.586. The molecule has 0 bridgehead atoms. The number of nitrogens with zero attached hydrogens (tertiary/aromatic N) is 1. The molecule has 4 heteroatoms. The second kappa shape index (κ2) is 14.1. The first-order valence-corrected chi connectivity index (χ1v) is 24.5. The molecular formula is C63H47NO2S. The Morgan fingerprint density at radius 3 is 1.73 bits per heavy atom. The molecule has 14 rings (SSSR count). The molecule has 1 atom stereocenters. The van der Waals surface area contributed by atoms with E-state index in [9.17, 15) is 0 Å². The highest BCUT2D eigenvalue weighted by Gasteiger charge is 2.47. The Balaban J connectivity index is 1.02. The summed E-state index contributed by atoms with van der Waals surface area (Å²) in [5.74, 6) is 0.625. The Kier molecular flexibility index (Phi) is 8.15. The Labute approximate surface area is 393 Å². The van der Waals surface area contributed by atoms with Gasteiger partial charge >= 0.3 is 0 Å². The van der Waals surface area contributed by atoms with Gasteiger partial charge in [0.05, 0.1) is 16.8 Å². The number of fused-ring (bicyclic) bond motifs is 14. The van der Waals surface area contributed by atoms with Crippen molar-refractivity contribution in [1.29, 1.82) is 0 Å². The maximum absolute atomic E-state index is 6.63. The molecule has 1 unspecified atom stereocenters. The zero-order chi connectivity index (χ0) is 44.8. The summed E-state index contributed by atoms with van der Waals surface area (Å²) in [6, 6.07) is 68.3. The quantitative estimate of drug-likeness (QED) is 0.167. The second-order valence-corrected chi connectivity index (χ2v) is 20.9. The lowest BCUT2D eigenvalue weighted by Crippen LogP contribution is -2.31. The van der Waals surface area contributed by atoms with Gasteiger partial charge in [-0.05, 0) is 117 Å². The standard InChI is InChI=1S/C63H47NO2S/c1-37(2)21-22-38-23-29-43-42-13-5-9-17-50(42)63(51(43)31-38,40-26-30-47-46-16-8-12-20-60(46)67-61(47)32-40)39-24-27-41(28-25-39)64-54-35-58-48(44-14-6-10-18-56(44)65-58)33-52(54)62(3,4)53-34-49-45-15-7-11-19-57(45)66-59(49)36-55(53)64/h5-20,23-37H,21-22H2,1-4H3. The lowest BCUT2D eigenvalue weighted by Gasteiger charge is -2.42. The smallest absolute Gasteiger partial charge is 0.137 e. The molecule has 2 aliphatic rings. The molecule has 0 fully saturated rings. The molecule has 0 saturated heterocycles. The number of hydrogen-bond acceptors (Lipinski definition) is 4. The zero-order valence-electron chi connectivity index (χ0n) is 38.0. The van der Waals surface area contributed by atoms with Gasteiger partial charge in [0.25, 0.3) is 0 Å². The van der Waals surface area contributed by atoms with E-state index < -0.39 is 5.41 Å². The van der Waals surface area contributed by atoms with Crippen molar-refractivity contribution < 1.29 is 8.83 Å². The number of thiophene rings is 1. The van der Waals surface area contributed by atoms with Gasteiger partial charge in [-0.2, -0.15) is 0 Å². The lowest BCUT2D eigenvalue weighted by atomic mass is 9.67. The number of hydrogen-bond donors (Lipinski definition) is 0. The largest absolute Gasteiger partial charge is 0.456 e. The molecule has 0 N–H and O–H groups in total. The van der Waals surface area contributed by atoms with E-state index in [0.717, 1.165) is 73.8 Å². The normalized spacial score (nSPS) is 16.2. The Bertz CT molecular complexity index is 3890. The summed E-state index contributed by atoms with van der Waals surface area (Å²) in [5, 5.41) is 7.19. The molecule has 0 saturated carbocycles. The first-order valence-electron chi connectivity index (χ1n) is 23.7. The molecule has 0 radical (unpaired) electrons. The molecule has 0 amide bonds. The second-order valence-electron chi connectivity index (χ2n) is 19.9. The Hall–Kier alpha value is -7.40. The highest BCUT2D eigenvalue weighted by Crippen LogP contribution is 2.59. The van der Waals surface area contributed by atoms with Crippen molar-refractivity contribution in [2.75, 3.05) is 4.90 Å². The van der Waals surface area contributed by atoms with Crippen LogP contribution in [0.25, 0.3) is 75.2 Å². The predicted octanol–water partition coefficient (Wildman–Crippen LogP) is 17.9. The molecule has 4 heterocycles. The van der Waals surface area contributed by atoms with Crippen LogP contribution in [-0.2, 0) is 17.3 Å². The van der Waals surface area contributed by atoms with Crippen molar-refractivity contribution >= 4 is 92.4 Å². The number of aryl methyl sites for hydroxylation is 1. The Morgan fingerprint density at radius 1 is 0.463 bits per heavy atom. The van der Waals surface area contributed by atoms with Crippen molar-refractivity contribution in [3.05, 3.63) is 221 Å². The van der Waals surface area contributed by atoms with Crippen molar-refractivity contribution in [2.24, 2.45) is 5.92 Å². The number of furan rings is 2. The third kappa shape index (κ3) is 5.45. The van der Waals surface area contributed by atoms with Gasteiger partial charge in [0.15, 0.2) is 0 Å². The van der Waals surface area contributed by atoms with E-state index in [4.69, 9.17) is 8.83 Å². The van der Waals surface area contributed by atoms with E-state index in [1.54, 1.807) is 0 Å². The topological polar surface area (TPSA) is 29.5 Å². The van der Waals surface area contributed by atoms with Gasteiger partial charge in [0, 0.05) is 65.0 Å².